The molecule has 0 saturated carbocycles. The quantitative estimate of drug-likeness (QED) is 0.725. The smallest absolute Gasteiger partial charge is 0.292 e. The van der Waals surface area contributed by atoms with Crippen molar-refractivity contribution in [2.24, 2.45) is 5.92 Å². The second kappa shape index (κ2) is 6.12. The van der Waals surface area contributed by atoms with Crippen LogP contribution in [0.4, 0.5) is 5.69 Å². The highest BCUT2D eigenvalue weighted by Gasteiger charge is 2.46. The average molecular weight is 316 g/mol. The number of carboxylic acid groups (broad SMARTS) is 1. The molecule has 0 bridgehead atoms. The van der Waals surface area contributed by atoms with Crippen LogP contribution in [0.15, 0.2) is 24.3 Å². The van der Waals surface area contributed by atoms with E-state index >= 15 is 0 Å². The lowest BCUT2D eigenvalue weighted by molar-refractivity contribution is -0.920. The van der Waals surface area contributed by atoms with Gasteiger partial charge in [0.25, 0.3) is 5.91 Å². The Morgan fingerprint density at radius 3 is 2.35 bits per heavy atom. The van der Waals surface area contributed by atoms with E-state index in [0.717, 1.165) is 25.9 Å². The van der Waals surface area contributed by atoms with Crippen LogP contribution in [-0.2, 0) is 9.59 Å². The molecule has 2 amide bonds. The lowest BCUT2D eigenvalue weighted by atomic mass is 9.97. The van der Waals surface area contributed by atoms with Crippen molar-refractivity contribution in [3.63, 3.8) is 0 Å². The maximum atomic E-state index is 12.7. The lowest BCUT2D eigenvalue weighted by Crippen LogP contribution is -3.17. The Labute approximate surface area is 134 Å². The Morgan fingerprint density at radius 1 is 1.17 bits per heavy atom. The molecule has 0 radical (unpaired) electrons. The average Bonchev–Trinajstić information content (AvgIpc) is 2.83. The van der Waals surface area contributed by atoms with Crippen molar-refractivity contribution in [3.8, 4) is 0 Å². The highest BCUT2D eigenvalue weighted by Crippen LogP contribution is 2.23. The van der Waals surface area contributed by atoms with Gasteiger partial charge in [0.15, 0.2) is 6.04 Å². The second-order valence-corrected chi connectivity index (χ2v) is 6.50. The number of carbonyl (C=O) groups excluding carboxylic acids is 3. The molecule has 2 fully saturated rings. The molecule has 0 spiro atoms. The Balaban J connectivity index is 1.77. The van der Waals surface area contributed by atoms with Crippen molar-refractivity contribution in [1.29, 1.82) is 0 Å². The molecule has 0 aromatic heterocycles. The minimum atomic E-state index is -1.28. The third kappa shape index (κ3) is 2.99. The highest BCUT2D eigenvalue weighted by molar-refractivity contribution is 6.21. The molecule has 122 valence electrons. The second-order valence-electron chi connectivity index (χ2n) is 6.50. The number of rotatable bonds is 3. The van der Waals surface area contributed by atoms with Crippen LogP contribution in [0.3, 0.4) is 0 Å². The molecule has 3 rings (SSSR count). The highest BCUT2D eigenvalue weighted by atomic mass is 16.4. The van der Waals surface area contributed by atoms with Gasteiger partial charge in [-0.05, 0) is 36.5 Å². The molecule has 1 N–H and O–H groups in total. The third-order valence-corrected chi connectivity index (χ3v) is 4.92. The van der Waals surface area contributed by atoms with Crippen LogP contribution < -0.4 is 14.9 Å². The first-order valence-electron chi connectivity index (χ1n) is 8.00. The van der Waals surface area contributed by atoms with Gasteiger partial charge in [0.05, 0.1) is 31.2 Å². The van der Waals surface area contributed by atoms with E-state index in [1.165, 1.54) is 34.1 Å². The van der Waals surface area contributed by atoms with E-state index in [-0.39, 0.29) is 29.8 Å². The molecule has 1 aromatic rings. The number of imide groups is 1. The minimum absolute atomic E-state index is 0.0278. The molecule has 0 aliphatic carbocycles. The van der Waals surface area contributed by atoms with E-state index in [0.29, 0.717) is 11.6 Å². The van der Waals surface area contributed by atoms with Gasteiger partial charge in [0, 0.05) is 0 Å². The largest absolute Gasteiger partial charge is 0.545 e. The standard InChI is InChI=1S/C17H20N2O4/c1-11-6-8-18(9-7-11)14-10-15(20)19(16(14)21)13-4-2-12(3-5-13)17(22)23/h2-5,11,14H,6-10H2,1H3,(H,22,23)/t14-/m1/s1. The van der Waals surface area contributed by atoms with Crippen molar-refractivity contribution in [3.05, 3.63) is 29.8 Å². The fourth-order valence-electron chi connectivity index (χ4n) is 3.45. The van der Waals surface area contributed by atoms with Gasteiger partial charge in [-0.15, -0.1) is 0 Å². The summed E-state index contributed by atoms with van der Waals surface area (Å²) in [6.45, 7) is 4.05. The molecule has 2 heterocycles. The van der Waals surface area contributed by atoms with Gasteiger partial charge in [0.2, 0.25) is 5.91 Å². The van der Waals surface area contributed by atoms with Gasteiger partial charge in [0.1, 0.15) is 0 Å². The monoisotopic (exact) mass is 316 g/mol. The van der Waals surface area contributed by atoms with E-state index in [2.05, 4.69) is 6.92 Å². The van der Waals surface area contributed by atoms with Crippen LogP contribution in [0.2, 0.25) is 0 Å². The van der Waals surface area contributed by atoms with E-state index in [1.807, 2.05) is 0 Å². The van der Waals surface area contributed by atoms with Gasteiger partial charge in [-0.25, -0.2) is 4.90 Å². The van der Waals surface area contributed by atoms with Crippen LogP contribution >= 0.6 is 0 Å². The Morgan fingerprint density at radius 2 is 1.78 bits per heavy atom. The zero-order valence-electron chi connectivity index (χ0n) is 13.1. The Kier molecular flexibility index (Phi) is 4.17. The number of piperidine rings is 1. The van der Waals surface area contributed by atoms with Gasteiger partial charge in [-0.1, -0.05) is 19.1 Å². The number of nitrogens with zero attached hydrogens (tertiary/aromatic N) is 1. The number of carboxylic acids is 1. The summed E-state index contributed by atoms with van der Waals surface area (Å²) in [4.78, 5) is 38.1. The summed E-state index contributed by atoms with van der Waals surface area (Å²) in [5, 5.41) is 10.8. The number of benzene rings is 1. The number of aromatic carboxylic acids is 1. The molecule has 1 atom stereocenters. The van der Waals surface area contributed by atoms with Crippen molar-refractivity contribution in [2.45, 2.75) is 32.2 Å². The number of hydrogen-bond donors (Lipinski definition) is 1. The Hall–Kier alpha value is -2.21. The van der Waals surface area contributed by atoms with Gasteiger partial charge >= 0.3 is 0 Å². The molecule has 23 heavy (non-hydrogen) atoms. The van der Waals surface area contributed by atoms with E-state index < -0.39 is 5.97 Å². The Bertz CT molecular complexity index is 632. The molecular weight excluding hydrogens is 296 g/mol. The number of quaternary nitrogens is 1. The first-order valence-corrected chi connectivity index (χ1v) is 8.00. The number of amides is 2. The number of hydrogen-bond acceptors (Lipinski definition) is 4. The molecule has 6 heteroatoms. The van der Waals surface area contributed by atoms with Crippen LogP contribution in [0.1, 0.15) is 36.5 Å². The van der Waals surface area contributed by atoms with Crippen LogP contribution in [-0.4, -0.2) is 36.9 Å². The van der Waals surface area contributed by atoms with Crippen molar-refractivity contribution >= 4 is 23.5 Å². The van der Waals surface area contributed by atoms with E-state index in [1.54, 1.807) is 0 Å². The lowest BCUT2D eigenvalue weighted by Gasteiger charge is -2.30. The normalized spacial score (nSPS) is 28.2. The molecule has 2 saturated heterocycles. The topological polar surface area (TPSA) is 81.9 Å². The summed E-state index contributed by atoms with van der Waals surface area (Å²) >= 11 is 0. The van der Waals surface area contributed by atoms with Crippen LogP contribution in [0, 0.1) is 5.92 Å². The summed E-state index contributed by atoms with van der Waals surface area (Å²) in [5.74, 6) is -0.993. The molecule has 0 unspecified atom stereocenters. The van der Waals surface area contributed by atoms with Crippen molar-refractivity contribution in [2.75, 3.05) is 18.0 Å². The fourth-order valence-corrected chi connectivity index (χ4v) is 3.45. The summed E-state index contributed by atoms with van der Waals surface area (Å²) in [6.07, 6.45) is 2.38. The van der Waals surface area contributed by atoms with Crippen LogP contribution in [0.5, 0.6) is 0 Å². The number of nitrogens with one attached hydrogen (secondary N) is 1. The predicted molar refractivity (Wildman–Crippen MR) is 80.8 cm³/mol. The SMILES string of the molecule is CC1CC[NH+]([C@@H]2CC(=O)N(c3ccc(C(=O)[O-])cc3)C2=O)CC1. The third-order valence-electron chi connectivity index (χ3n) is 4.92. The zero-order valence-corrected chi connectivity index (χ0v) is 13.1. The maximum absolute atomic E-state index is 12.7. The molecule has 2 aliphatic heterocycles. The zero-order chi connectivity index (χ0) is 16.6. The summed E-state index contributed by atoms with van der Waals surface area (Å²) in [7, 11) is 0. The van der Waals surface area contributed by atoms with E-state index in [9.17, 15) is 19.5 Å². The van der Waals surface area contributed by atoms with Crippen LogP contribution in [0.25, 0.3) is 0 Å². The predicted octanol–water partition coefficient (Wildman–Crippen LogP) is -1.00. The number of anilines is 1. The van der Waals surface area contributed by atoms with E-state index in [4.69, 9.17) is 0 Å². The first kappa shape index (κ1) is 15.7. The summed E-state index contributed by atoms with van der Waals surface area (Å²) in [5.41, 5.74) is 0.456. The van der Waals surface area contributed by atoms with Gasteiger partial charge in [-0.3, -0.25) is 9.59 Å². The van der Waals surface area contributed by atoms with Crippen molar-refractivity contribution < 1.29 is 24.4 Å². The van der Waals surface area contributed by atoms with Gasteiger partial charge in [-0.2, -0.15) is 0 Å². The number of likely N-dealkylation sites (tertiary alicyclic amines) is 1. The molecule has 1 aromatic carbocycles. The van der Waals surface area contributed by atoms with Gasteiger partial charge < -0.3 is 14.8 Å². The molecule has 2 aliphatic rings. The maximum Gasteiger partial charge on any atom is 0.292 e. The fraction of sp³-hybridized carbons (Fsp3) is 0.471. The summed E-state index contributed by atoms with van der Waals surface area (Å²) < 4.78 is 0. The van der Waals surface area contributed by atoms with Crippen molar-refractivity contribution in [1.82, 2.24) is 0 Å². The number of carbonyl (C=O) groups is 3. The summed E-state index contributed by atoms with van der Waals surface area (Å²) in [6, 6.07) is 5.37. The first-order chi connectivity index (χ1) is 11.0. The minimum Gasteiger partial charge on any atom is -0.545 e. The molecule has 6 nitrogen and oxygen atoms in total. The molecular formula is C17H20N2O4.